The molecular formula is C23H24. The average molecular weight is 300 g/mol. The third-order valence-electron chi connectivity index (χ3n) is 4.70. The van der Waals surface area contributed by atoms with E-state index in [1.807, 2.05) is 6.08 Å². The normalized spacial score (nSPS) is 11.6. The number of aryl methyl sites for hydroxylation is 1. The van der Waals surface area contributed by atoms with Gasteiger partial charge in [-0.1, -0.05) is 74.5 Å². The molecule has 0 atom stereocenters. The second kappa shape index (κ2) is 6.04. The summed E-state index contributed by atoms with van der Waals surface area (Å²) in [6.45, 7) is 10.7. The SMILES string of the molecule is C=CCC(C)(C)c1cc(-c2ccc3ccccc3c2)ccc1C. The van der Waals surface area contributed by atoms with Crippen LogP contribution in [0.1, 0.15) is 31.4 Å². The van der Waals surface area contributed by atoms with Gasteiger partial charge in [-0.15, -0.1) is 6.58 Å². The van der Waals surface area contributed by atoms with Crippen LogP contribution in [0.25, 0.3) is 21.9 Å². The van der Waals surface area contributed by atoms with Crippen LogP contribution in [0.3, 0.4) is 0 Å². The van der Waals surface area contributed by atoms with E-state index < -0.39 is 0 Å². The highest BCUT2D eigenvalue weighted by Gasteiger charge is 2.21. The summed E-state index contributed by atoms with van der Waals surface area (Å²) in [4.78, 5) is 0. The fourth-order valence-electron chi connectivity index (χ4n) is 3.37. The van der Waals surface area contributed by atoms with Crippen LogP contribution in [0, 0.1) is 6.92 Å². The first-order chi connectivity index (χ1) is 11.0. The summed E-state index contributed by atoms with van der Waals surface area (Å²) in [6, 6.07) is 22.0. The molecule has 0 nitrogen and oxygen atoms in total. The lowest BCUT2D eigenvalue weighted by Crippen LogP contribution is -2.17. The van der Waals surface area contributed by atoms with Crippen molar-refractivity contribution in [3.8, 4) is 11.1 Å². The van der Waals surface area contributed by atoms with Crippen LogP contribution in [0.2, 0.25) is 0 Å². The van der Waals surface area contributed by atoms with Gasteiger partial charge in [0.15, 0.2) is 0 Å². The predicted octanol–water partition coefficient (Wildman–Crippen LogP) is 6.67. The summed E-state index contributed by atoms with van der Waals surface area (Å²) in [7, 11) is 0. The molecule has 0 spiro atoms. The van der Waals surface area contributed by atoms with Crippen LogP contribution in [0.4, 0.5) is 0 Å². The van der Waals surface area contributed by atoms with Crippen LogP contribution in [0.5, 0.6) is 0 Å². The van der Waals surface area contributed by atoms with Gasteiger partial charge >= 0.3 is 0 Å². The highest BCUT2D eigenvalue weighted by Crippen LogP contribution is 2.34. The van der Waals surface area contributed by atoms with Crippen molar-refractivity contribution in [1.29, 1.82) is 0 Å². The second-order valence-electron chi connectivity index (χ2n) is 6.97. The van der Waals surface area contributed by atoms with Gasteiger partial charge in [0, 0.05) is 0 Å². The molecular weight excluding hydrogens is 276 g/mol. The molecule has 3 rings (SSSR count). The minimum absolute atomic E-state index is 0.110. The Morgan fingerprint density at radius 2 is 1.52 bits per heavy atom. The Labute approximate surface area is 139 Å². The van der Waals surface area contributed by atoms with Crippen molar-refractivity contribution in [2.24, 2.45) is 0 Å². The molecule has 0 aliphatic heterocycles. The minimum atomic E-state index is 0.110. The fourth-order valence-corrected chi connectivity index (χ4v) is 3.37. The zero-order valence-corrected chi connectivity index (χ0v) is 14.3. The van der Waals surface area contributed by atoms with Crippen LogP contribution < -0.4 is 0 Å². The Hall–Kier alpha value is -2.34. The molecule has 0 bridgehead atoms. The lowest BCUT2D eigenvalue weighted by molar-refractivity contribution is 0.531. The van der Waals surface area contributed by atoms with Gasteiger partial charge in [0.25, 0.3) is 0 Å². The van der Waals surface area contributed by atoms with Gasteiger partial charge in [0.1, 0.15) is 0 Å². The highest BCUT2D eigenvalue weighted by atomic mass is 14.3. The molecule has 0 aromatic heterocycles. The molecule has 0 radical (unpaired) electrons. The summed E-state index contributed by atoms with van der Waals surface area (Å²) in [5, 5.41) is 2.58. The van der Waals surface area contributed by atoms with Crippen molar-refractivity contribution < 1.29 is 0 Å². The van der Waals surface area contributed by atoms with E-state index in [0.29, 0.717) is 0 Å². The van der Waals surface area contributed by atoms with Gasteiger partial charge in [-0.3, -0.25) is 0 Å². The molecule has 116 valence electrons. The Bertz CT molecular complexity index is 853. The van der Waals surface area contributed by atoms with Crippen molar-refractivity contribution in [2.75, 3.05) is 0 Å². The molecule has 0 saturated carbocycles. The maximum atomic E-state index is 3.92. The third kappa shape index (κ3) is 3.07. The number of fused-ring (bicyclic) bond motifs is 1. The maximum absolute atomic E-state index is 3.92. The Morgan fingerprint density at radius 1 is 0.870 bits per heavy atom. The summed E-state index contributed by atoms with van der Waals surface area (Å²) in [6.07, 6.45) is 3.00. The van der Waals surface area contributed by atoms with Crippen molar-refractivity contribution >= 4 is 10.8 Å². The molecule has 3 aromatic carbocycles. The van der Waals surface area contributed by atoms with Crippen LogP contribution in [-0.4, -0.2) is 0 Å². The van der Waals surface area contributed by atoms with Gasteiger partial charge in [-0.25, -0.2) is 0 Å². The van der Waals surface area contributed by atoms with Crippen molar-refractivity contribution in [1.82, 2.24) is 0 Å². The van der Waals surface area contributed by atoms with E-state index in [0.717, 1.165) is 6.42 Å². The van der Waals surface area contributed by atoms with Crippen molar-refractivity contribution in [3.63, 3.8) is 0 Å². The zero-order valence-electron chi connectivity index (χ0n) is 14.3. The van der Waals surface area contributed by atoms with E-state index in [9.17, 15) is 0 Å². The summed E-state index contributed by atoms with van der Waals surface area (Å²) >= 11 is 0. The molecule has 0 fully saturated rings. The topological polar surface area (TPSA) is 0 Å². The maximum Gasteiger partial charge on any atom is -0.00664 e. The predicted molar refractivity (Wildman–Crippen MR) is 102 cm³/mol. The molecule has 0 aliphatic rings. The first kappa shape index (κ1) is 15.6. The molecule has 3 aromatic rings. The van der Waals surface area contributed by atoms with E-state index in [-0.39, 0.29) is 5.41 Å². The molecule has 0 N–H and O–H groups in total. The van der Waals surface area contributed by atoms with Crippen LogP contribution in [-0.2, 0) is 5.41 Å². The molecule has 0 amide bonds. The third-order valence-corrected chi connectivity index (χ3v) is 4.70. The number of hydrogen-bond donors (Lipinski definition) is 0. The van der Waals surface area contributed by atoms with E-state index in [4.69, 9.17) is 0 Å². The molecule has 0 saturated heterocycles. The fraction of sp³-hybridized carbons (Fsp3) is 0.217. The number of hydrogen-bond acceptors (Lipinski definition) is 0. The van der Waals surface area contributed by atoms with E-state index in [2.05, 4.69) is 88.0 Å². The summed E-state index contributed by atoms with van der Waals surface area (Å²) in [5.74, 6) is 0. The summed E-state index contributed by atoms with van der Waals surface area (Å²) < 4.78 is 0. The molecule has 0 unspecified atom stereocenters. The standard InChI is InChI=1S/C23H24/c1-5-14-23(3,4)22-16-21(11-10-17(22)2)20-13-12-18-8-6-7-9-19(18)15-20/h5-13,15-16H,1,14H2,2-4H3. The second-order valence-corrected chi connectivity index (χ2v) is 6.97. The van der Waals surface area contributed by atoms with Crippen molar-refractivity contribution in [3.05, 3.63) is 84.4 Å². The lowest BCUT2D eigenvalue weighted by Gasteiger charge is -2.26. The van der Waals surface area contributed by atoms with E-state index in [1.165, 1.54) is 33.0 Å². The minimum Gasteiger partial charge on any atom is -0.103 e. The van der Waals surface area contributed by atoms with Gasteiger partial charge in [0.05, 0.1) is 0 Å². The quantitative estimate of drug-likeness (QED) is 0.472. The lowest BCUT2D eigenvalue weighted by atomic mass is 9.78. The smallest absolute Gasteiger partial charge is 0.00664 e. The molecule has 0 heterocycles. The molecule has 0 aliphatic carbocycles. The Balaban J connectivity index is 2.10. The largest absolute Gasteiger partial charge is 0.103 e. The first-order valence-electron chi connectivity index (χ1n) is 8.22. The Kier molecular flexibility index (Phi) is 4.09. The van der Waals surface area contributed by atoms with Crippen LogP contribution in [0.15, 0.2) is 73.3 Å². The van der Waals surface area contributed by atoms with Gasteiger partial charge in [-0.05, 0) is 57.9 Å². The van der Waals surface area contributed by atoms with Gasteiger partial charge in [-0.2, -0.15) is 0 Å². The van der Waals surface area contributed by atoms with Crippen LogP contribution >= 0.6 is 0 Å². The van der Waals surface area contributed by atoms with Gasteiger partial charge < -0.3 is 0 Å². The number of rotatable bonds is 4. The summed E-state index contributed by atoms with van der Waals surface area (Å²) in [5.41, 5.74) is 5.43. The van der Waals surface area contributed by atoms with Crippen molar-refractivity contribution in [2.45, 2.75) is 32.6 Å². The zero-order chi connectivity index (χ0) is 16.4. The Morgan fingerprint density at radius 3 is 2.26 bits per heavy atom. The van der Waals surface area contributed by atoms with Gasteiger partial charge in [0.2, 0.25) is 0 Å². The highest BCUT2D eigenvalue weighted by molar-refractivity contribution is 5.87. The van der Waals surface area contributed by atoms with E-state index >= 15 is 0 Å². The monoisotopic (exact) mass is 300 g/mol. The molecule has 0 heteroatoms. The average Bonchev–Trinajstić information content (AvgIpc) is 2.54. The molecule has 23 heavy (non-hydrogen) atoms. The number of benzene rings is 3. The number of allylic oxidation sites excluding steroid dienone is 1. The van der Waals surface area contributed by atoms with E-state index in [1.54, 1.807) is 0 Å². The first-order valence-corrected chi connectivity index (χ1v) is 8.22.